The molecule has 1 aliphatic heterocycles. The number of halogens is 1. The van der Waals surface area contributed by atoms with Crippen LogP contribution in [-0.2, 0) is 19.0 Å². The third-order valence-corrected chi connectivity index (χ3v) is 2.43. The van der Waals surface area contributed by atoms with Crippen molar-refractivity contribution in [2.45, 2.75) is 25.6 Å². The van der Waals surface area contributed by atoms with E-state index in [1.165, 1.54) is 12.6 Å². The van der Waals surface area contributed by atoms with Gasteiger partial charge in [0.05, 0.1) is 6.61 Å². The minimum Gasteiger partial charge on any atom is -0.461 e. The zero-order chi connectivity index (χ0) is 11.3. The van der Waals surface area contributed by atoms with E-state index in [9.17, 15) is 4.79 Å². The standard InChI is InChI=1S/C10H15ClO4/c1-7(4-11)3-9(13-2)10(12)15-6-8-5-14-8/h4,8-9H,3,5-6H2,1-2H3. The monoisotopic (exact) mass is 234 g/mol. The van der Waals surface area contributed by atoms with Gasteiger partial charge in [-0.3, -0.25) is 0 Å². The first-order valence-electron chi connectivity index (χ1n) is 4.74. The van der Waals surface area contributed by atoms with Crippen LogP contribution in [0.1, 0.15) is 13.3 Å². The quantitative estimate of drug-likeness (QED) is 0.516. The summed E-state index contributed by atoms with van der Waals surface area (Å²) in [6.07, 6.45) is -0.0560. The van der Waals surface area contributed by atoms with Crippen LogP contribution < -0.4 is 0 Å². The molecule has 1 fully saturated rings. The molecule has 5 heteroatoms. The minimum absolute atomic E-state index is 0.0797. The number of hydrogen-bond acceptors (Lipinski definition) is 4. The first kappa shape index (κ1) is 12.5. The number of epoxide rings is 1. The van der Waals surface area contributed by atoms with Gasteiger partial charge in [0.1, 0.15) is 12.7 Å². The van der Waals surface area contributed by atoms with Gasteiger partial charge >= 0.3 is 5.97 Å². The molecule has 1 saturated heterocycles. The van der Waals surface area contributed by atoms with E-state index in [0.717, 1.165) is 5.57 Å². The lowest BCUT2D eigenvalue weighted by molar-refractivity contribution is -0.155. The molecule has 0 radical (unpaired) electrons. The normalized spacial score (nSPS) is 22.3. The Labute approximate surface area is 94.1 Å². The largest absolute Gasteiger partial charge is 0.461 e. The Balaban J connectivity index is 2.31. The molecule has 15 heavy (non-hydrogen) atoms. The highest BCUT2D eigenvalue weighted by atomic mass is 35.5. The van der Waals surface area contributed by atoms with Crippen molar-refractivity contribution >= 4 is 17.6 Å². The highest BCUT2D eigenvalue weighted by molar-refractivity contribution is 6.25. The topological polar surface area (TPSA) is 48.1 Å². The third-order valence-electron chi connectivity index (χ3n) is 2.05. The molecule has 0 aromatic rings. The Morgan fingerprint density at radius 2 is 2.40 bits per heavy atom. The summed E-state index contributed by atoms with van der Waals surface area (Å²) in [5.74, 6) is -0.370. The fraction of sp³-hybridized carbons (Fsp3) is 0.700. The van der Waals surface area contributed by atoms with Crippen molar-refractivity contribution in [1.29, 1.82) is 0 Å². The summed E-state index contributed by atoms with van der Waals surface area (Å²) in [5.41, 5.74) is 2.31. The van der Waals surface area contributed by atoms with Crippen LogP contribution in [0, 0.1) is 0 Å². The molecule has 2 unspecified atom stereocenters. The molecule has 1 rings (SSSR count). The summed E-state index contributed by atoms with van der Waals surface area (Å²) < 4.78 is 15.0. The molecule has 0 aromatic heterocycles. The SMILES string of the molecule is COC(CC(C)=CCl)C(=O)OCC1CO1. The summed E-state index contributed by atoms with van der Waals surface area (Å²) in [5, 5.41) is 0. The van der Waals surface area contributed by atoms with Gasteiger partial charge in [-0.05, 0) is 6.92 Å². The number of methoxy groups -OCH3 is 1. The summed E-state index contributed by atoms with van der Waals surface area (Å²) in [6.45, 7) is 2.81. The van der Waals surface area contributed by atoms with Gasteiger partial charge in [-0.15, -0.1) is 0 Å². The van der Waals surface area contributed by atoms with E-state index in [4.69, 9.17) is 25.8 Å². The molecule has 0 amide bonds. The van der Waals surface area contributed by atoms with E-state index in [1.807, 2.05) is 6.92 Å². The van der Waals surface area contributed by atoms with Crippen LogP contribution in [0.3, 0.4) is 0 Å². The first-order chi connectivity index (χ1) is 7.17. The second kappa shape index (κ2) is 6.10. The van der Waals surface area contributed by atoms with Crippen LogP contribution in [0.5, 0.6) is 0 Å². The second-order valence-corrected chi connectivity index (χ2v) is 3.69. The van der Waals surface area contributed by atoms with Crippen molar-refractivity contribution in [1.82, 2.24) is 0 Å². The van der Waals surface area contributed by atoms with E-state index in [2.05, 4.69) is 0 Å². The van der Waals surface area contributed by atoms with Gasteiger partial charge in [0.25, 0.3) is 0 Å². The van der Waals surface area contributed by atoms with Crippen molar-refractivity contribution in [2.75, 3.05) is 20.3 Å². The molecule has 4 nitrogen and oxygen atoms in total. The Morgan fingerprint density at radius 1 is 1.73 bits per heavy atom. The Bertz CT molecular complexity index is 248. The van der Waals surface area contributed by atoms with Crippen molar-refractivity contribution in [3.63, 3.8) is 0 Å². The maximum absolute atomic E-state index is 11.5. The van der Waals surface area contributed by atoms with Crippen LogP contribution >= 0.6 is 11.6 Å². The van der Waals surface area contributed by atoms with Gasteiger partial charge in [0, 0.05) is 19.1 Å². The number of hydrogen-bond donors (Lipinski definition) is 0. The summed E-state index contributed by atoms with van der Waals surface area (Å²) in [6, 6.07) is 0. The molecule has 0 bridgehead atoms. The molecule has 1 aliphatic rings. The van der Waals surface area contributed by atoms with Crippen molar-refractivity contribution in [3.05, 3.63) is 11.1 Å². The van der Waals surface area contributed by atoms with Crippen molar-refractivity contribution < 1.29 is 19.0 Å². The van der Waals surface area contributed by atoms with Crippen LogP contribution in [0.25, 0.3) is 0 Å². The average molecular weight is 235 g/mol. The molecule has 86 valence electrons. The fourth-order valence-corrected chi connectivity index (χ4v) is 1.12. The average Bonchev–Trinajstić information content (AvgIpc) is 3.05. The number of carbonyl (C=O) groups is 1. The van der Waals surface area contributed by atoms with Gasteiger partial charge in [0.15, 0.2) is 6.10 Å². The van der Waals surface area contributed by atoms with E-state index < -0.39 is 6.10 Å². The minimum atomic E-state index is -0.584. The summed E-state index contributed by atoms with van der Waals surface area (Å²) in [7, 11) is 1.47. The Hall–Kier alpha value is -0.580. The van der Waals surface area contributed by atoms with Gasteiger partial charge in [-0.1, -0.05) is 17.2 Å². The lowest BCUT2D eigenvalue weighted by Crippen LogP contribution is -2.27. The predicted molar refractivity (Wildman–Crippen MR) is 55.7 cm³/mol. The highest BCUT2D eigenvalue weighted by Gasteiger charge is 2.27. The summed E-state index contributed by atoms with van der Waals surface area (Å²) in [4.78, 5) is 11.5. The molecule has 0 spiro atoms. The number of esters is 1. The lowest BCUT2D eigenvalue weighted by atomic mass is 10.1. The lowest BCUT2D eigenvalue weighted by Gasteiger charge is -2.13. The van der Waals surface area contributed by atoms with Crippen LogP contribution in [0.4, 0.5) is 0 Å². The molecule has 0 N–H and O–H groups in total. The molecule has 1 heterocycles. The predicted octanol–water partition coefficient (Wildman–Crippen LogP) is 1.48. The van der Waals surface area contributed by atoms with Gasteiger partial charge in [-0.25, -0.2) is 4.79 Å². The van der Waals surface area contributed by atoms with Crippen LogP contribution in [0.2, 0.25) is 0 Å². The van der Waals surface area contributed by atoms with Crippen LogP contribution in [-0.4, -0.2) is 38.5 Å². The molecular formula is C10H15ClO4. The molecule has 2 atom stereocenters. The van der Waals surface area contributed by atoms with Crippen molar-refractivity contribution in [2.24, 2.45) is 0 Å². The number of carbonyl (C=O) groups excluding carboxylic acids is 1. The molecule has 0 aliphatic carbocycles. The molecular weight excluding hydrogens is 220 g/mol. The molecule has 0 aromatic carbocycles. The van der Waals surface area contributed by atoms with Gasteiger partial charge in [0.2, 0.25) is 0 Å². The third kappa shape index (κ3) is 4.64. The molecule has 0 saturated carbocycles. The van der Waals surface area contributed by atoms with Gasteiger partial charge in [-0.2, -0.15) is 0 Å². The van der Waals surface area contributed by atoms with E-state index in [0.29, 0.717) is 19.6 Å². The van der Waals surface area contributed by atoms with Gasteiger partial charge < -0.3 is 14.2 Å². The Morgan fingerprint density at radius 3 is 2.87 bits per heavy atom. The Kier molecular flexibility index (Phi) is 5.08. The van der Waals surface area contributed by atoms with E-state index in [1.54, 1.807) is 0 Å². The van der Waals surface area contributed by atoms with Crippen molar-refractivity contribution in [3.8, 4) is 0 Å². The smallest absolute Gasteiger partial charge is 0.335 e. The number of rotatable bonds is 6. The zero-order valence-electron chi connectivity index (χ0n) is 8.86. The maximum Gasteiger partial charge on any atom is 0.335 e. The first-order valence-corrected chi connectivity index (χ1v) is 5.18. The van der Waals surface area contributed by atoms with E-state index in [-0.39, 0.29) is 12.1 Å². The van der Waals surface area contributed by atoms with Crippen LogP contribution in [0.15, 0.2) is 11.1 Å². The zero-order valence-corrected chi connectivity index (χ0v) is 9.62. The maximum atomic E-state index is 11.5. The fourth-order valence-electron chi connectivity index (χ4n) is 1.03. The van der Waals surface area contributed by atoms with E-state index >= 15 is 0 Å². The highest BCUT2D eigenvalue weighted by Crippen LogP contribution is 2.13. The second-order valence-electron chi connectivity index (χ2n) is 3.47. The number of ether oxygens (including phenoxy) is 3. The summed E-state index contributed by atoms with van der Waals surface area (Å²) >= 11 is 5.51.